The molecule has 0 unspecified atom stereocenters. The summed E-state index contributed by atoms with van der Waals surface area (Å²) in [5, 5.41) is 0. The van der Waals surface area contributed by atoms with E-state index in [-0.39, 0.29) is 21.7 Å². The molecule has 0 heterocycles. The van der Waals surface area contributed by atoms with Crippen LogP contribution in [-0.4, -0.2) is 0 Å². The van der Waals surface area contributed by atoms with E-state index >= 15 is 0 Å². The molecule has 0 fully saturated rings. The first kappa shape index (κ1) is 26.4. The first-order valence-corrected chi connectivity index (χ1v) is 8.55. The normalized spacial score (nSPS) is 10.5. The molecule has 4 aromatic rings. The summed E-state index contributed by atoms with van der Waals surface area (Å²) in [6.45, 7) is 0. The fourth-order valence-corrected chi connectivity index (χ4v) is 2.86. The average Bonchev–Trinajstić information content (AvgIpc) is 3.50. The molecule has 0 atom stereocenters. The Labute approximate surface area is 194 Å². The van der Waals surface area contributed by atoms with Gasteiger partial charge in [-0.25, -0.2) is 43.9 Å². The number of rotatable bonds is 2. The number of hydrogen-bond acceptors (Lipinski definition) is 0. The summed E-state index contributed by atoms with van der Waals surface area (Å²) in [4.78, 5) is 0. The monoisotopic (exact) mass is 510 g/mol. The van der Waals surface area contributed by atoms with Crippen LogP contribution in [-0.2, 0) is 21.7 Å². The Bertz CT molecular complexity index is 1120. The molecule has 4 aromatic carbocycles. The van der Waals surface area contributed by atoms with E-state index in [1.807, 2.05) is 30.3 Å². The molecular weight excluding hydrogens is 502 g/mol. The largest absolute Gasteiger partial charge is 0.748 e. The Morgan fingerprint density at radius 1 is 0.485 bits per heavy atom. The second kappa shape index (κ2) is 10.4. The van der Waals surface area contributed by atoms with Gasteiger partial charge in [0.1, 0.15) is 23.3 Å². The van der Waals surface area contributed by atoms with Crippen LogP contribution in [0.1, 0.15) is 0 Å². The van der Waals surface area contributed by atoms with Crippen LogP contribution in [0.4, 0.5) is 43.9 Å². The molecule has 0 aliphatic heterocycles. The first-order chi connectivity index (χ1) is 15.1. The number of hydrogen-bond donors (Lipinski definition) is 0. The van der Waals surface area contributed by atoms with E-state index in [1.54, 1.807) is 0 Å². The molecule has 0 nitrogen and oxygen atoms in total. The predicted molar refractivity (Wildman–Crippen MR) is 94.5 cm³/mol. The SMILES string of the molecule is Fc1c(F)c(F)c(-c2ccc[c-]2-c2c(F)c(F)c(F)c(F)c2F)c(F)c1F.[Ti].[cH-]1[cH-][cH-][cH-][cH-]1. The topological polar surface area (TPSA) is 0 Å². The van der Waals surface area contributed by atoms with Crippen molar-refractivity contribution in [2.45, 2.75) is 0 Å². The fourth-order valence-electron chi connectivity index (χ4n) is 2.86. The average molecular weight is 510 g/mol. The first-order valence-electron chi connectivity index (χ1n) is 8.55. The van der Waals surface area contributed by atoms with Gasteiger partial charge in [0.25, 0.3) is 0 Å². The maximum absolute atomic E-state index is 14.0. The molecule has 176 valence electrons. The van der Waals surface area contributed by atoms with Crippen molar-refractivity contribution in [3.05, 3.63) is 107 Å². The van der Waals surface area contributed by atoms with E-state index in [4.69, 9.17) is 0 Å². The van der Waals surface area contributed by atoms with E-state index in [1.165, 1.54) is 0 Å². The van der Waals surface area contributed by atoms with Crippen LogP contribution < -0.4 is 0 Å². The smallest absolute Gasteiger partial charge is 0.199 e. The Kier molecular flexibility index (Phi) is 8.32. The zero-order chi connectivity index (χ0) is 23.7. The van der Waals surface area contributed by atoms with Gasteiger partial charge in [-0.2, -0.15) is 0 Å². The van der Waals surface area contributed by atoms with Gasteiger partial charge in [-0.3, -0.25) is 0 Å². The van der Waals surface area contributed by atoms with Crippen molar-refractivity contribution >= 4 is 0 Å². The Hall–Kier alpha value is -2.85. The predicted octanol–water partition coefficient (Wildman–Crippen LogP) is 7.53. The van der Waals surface area contributed by atoms with Gasteiger partial charge in [0.05, 0.1) is 0 Å². The molecule has 0 radical (unpaired) electrons. The summed E-state index contributed by atoms with van der Waals surface area (Å²) in [7, 11) is 0. The van der Waals surface area contributed by atoms with Gasteiger partial charge in [-0.15, -0.1) is 18.2 Å². The number of halogens is 10. The van der Waals surface area contributed by atoms with E-state index in [0.29, 0.717) is 12.1 Å². The van der Waals surface area contributed by atoms with Gasteiger partial charge in [0.15, 0.2) is 34.9 Å². The molecular formula is C22H8F10Ti-6. The van der Waals surface area contributed by atoms with Crippen LogP contribution in [0.5, 0.6) is 0 Å². The van der Waals surface area contributed by atoms with Gasteiger partial charge in [0, 0.05) is 27.3 Å². The number of benzene rings is 2. The van der Waals surface area contributed by atoms with Gasteiger partial charge in [-0.1, -0.05) is 11.1 Å². The minimum atomic E-state index is -2.47. The second-order valence-electron chi connectivity index (χ2n) is 6.21. The van der Waals surface area contributed by atoms with Crippen LogP contribution in [0.3, 0.4) is 0 Å². The molecule has 0 aliphatic rings. The fraction of sp³-hybridized carbons (Fsp3) is 0. The zero-order valence-corrected chi connectivity index (χ0v) is 17.5. The molecule has 0 aliphatic carbocycles. The van der Waals surface area contributed by atoms with Crippen LogP contribution in [0.25, 0.3) is 22.3 Å². The molecule has 0 aromatic heterocycles. The molecule has 0 saturated heterocycles. The van der Waals surface area contributed by atoms with E-state index in [2.05, 4.69) is 0 Å². The van der Waals surface area contributed by atoms with Crippen LogP contribution >= 0.6 is 0 Å². The van der Waals surface area contributed by atoms with Gasteiger partial charge in [0.2, 0.25) is 0 Å². The summed E-state index contributed by atoms with van der Waals surface area (Å²) in [5.41, 5.74) is -5.05. The van der Waals surface area contributed by atoms with Crippen molar-refractivity contribution in [2.75, 3.05) is 0 Å². The third kappa shape index (κ3) is 4.63. The second-order valence-corrected chi connectivity index (χ2v) is 6.21. The summed E-state index contributed by atoms with van der Waals surface area (Å²) >= 11 is 0. The summed E-state index contributed by atoms with van der Waals surface area (Å²) in [6.07, 6.45) is 0. The Balaban J connectivity index is 0.000000568. The van der Waals surface area contributed by atoms with Crippen LogP contribution in [0.2, 0.25) is 0 Å². The van der Waals surface area contributed by atoms with Crippen molar-refractivity contribution in [2.24, 2.45) is 0 Å². The Morgan fingerprint density at radius 3 is 1.21 bits per heavy atom. The zero-order valence-electron chi connectivity index (χ0n) is 15.9. The third-order valence-corrected chi connectivity index (χ3v) is 4.33. The molecule has 0 spiro atoms. The minimum absolute atomic E-state index is 0. The van der Waals surface area contributed by atoms with E-state index in [0.717, 1.165) is 6.07 Å². The molecule has 0 N–H and O–H groups in total. The van der Waals surface area contributed by atoms with Crippen molar-refractivity contribution in [1.82, 2.24) is 0 Å². The molecule has 33 heavy (non-hydrogen) atoms. The van der Waals surface area contributed by atoms with Crippen molar-refractivity contribution in [3.8, 4) is 22.3 Å². The summed E-state index contributed by atoms with van der Waals surface area (Å²) in [5.74, 6) is -23.6. The standard InChI is InChI=1S/C17H3F10.C5H5.Ti/c18-8-6(9(19)13(23)16(26)12(8)22)4-2-1-3-5(4)7-10(20)14(24)17(27)15(25)11(7)21;1-2-4-5-3-1;/h1-3H;1-5H;/q-1;-5;. The van der Waals surface area contributed by atoms with Gasteiger partial charge in [-0.05, 0) is 5.56 Å². The third-order valence-electron chi connectivity index (χ3n) is 4.33. The molecule has 0 saturated carbocycles. The molecule has 4 rings (SSSR count). The quantitative estimate of drug-likeness (QED) is 0.0860. The molecule has 11 heteroatoms. The summed E-state index contributed by atoms with van der Waals surface area (Å²) < 4.78 is 136. The van der Waals surface area contributed by atoms with Gasteiger partial charge >= 0.3 is 0 Å². The van der Waals surface area contributed by atoms with Crippen molar-refractivity contribution in [1.29, 1.82) is 0 Å². The molecule has 0 bridgehead atoms. The van der Waals surface area contributed by atoms with Crippen LogP contribution in [0.15, 0.2) is 48.5 Å². The Morgan fingerprint density at radius 2 is 0.818 bits per heavy atom. The maximum Gasteiger partial charge on any atom is 0.199 e. The van der Waals surface area contributed by atoms with Crippen LogP contribution in [0, 0.1) is 58.2 Å². The minimum Gasteiger partial charge on any atom is -0.748 e. The van der Waals surface area contributed by atoms with E-state index in [9.17, 15) is 43.9 Å². The summed E-state index contributed by atoms with van der Waals surface area (Å²) in [6, 6.07) is 12.3. The van der Waals surface area contributed by atoms with Gasteiger partial charge < -0.3 is 30.3 Å². The van der Waals surface area contributed by atoms with Crippen molar-refractivity contribution in [3.63, 3.8) is 0 Å². The van der Waals surface area contributed by atoms with Crippen molar-refractivity contribution < 1.29 is 65.6 Å². The maximum atomic E-state index is 14.0. The molecule has 0 amide bonds. The van der Waals surface area contributed by atoms with E-state index < -0.39 is 80.4 Å².